The van der Waals surface area contributed by atoms with Crippen molar-refractivity contribution in [3.8, 4) is 0 Å². The van der Waals surface area contributed by atoms with Crippen LogP contribution < -0.4 is 5.73 Å². The smallest absolute Gasteiger partial charge is 0.151 e. The van der Waals surface area contributed by atoms with Gasteiger partial charge in [-0.25, -0.2) is 0 Å². The summed E-state index contributed by atoms with van der Waals surface area (Å²) in [7, 11) is 0. The van der Waals surface area contributed by atoms with Gasteiger partial charge in [0, 0.05) is 18.7 Å². The van der Waals surface area contributed by atoms with Crippen molar-refractivity contribution < 1.29 is 4.52 Å². The number of nitrogens with zero attached hydrogens (tertiary/aromatic N) is 2. The second kappa shape index (κ2) is 6.17. The third-order valence-electron chi connectivity index (χ3n) is 3.67. The minimum atomic E-state index is 0.457. The Morgan fingerprint density at radius 2 is 2.18 bits per heavy atom. The van der Waals surface area contributed by atoms with Gasteiger partial charge in [0.15, 0.2) is 5.76 Å². The minimum Gasteiger partial charge on any atom is -0.360 e. The highest BCUT2D eigenvalue weighted by atomic mass is 16.5. The summed E-state index contributed by atoms with van der Waals surface area (Å²) in [5, 5.41) is 3.94. The zero-order valence-corrected chi connectivity index (χ0v) is 10.7. The molecule has 1 aliphatic rings. The molecule has 0 unspecified atom stereocenters. The van der Waals surface area contributed by atoms with Crippen LogP contribution in [0.25, 0.3) is 0 Å². The molecule has 0 bridgehead atoms. The molecule has 1 saturated carbocycles. The molecule has 0 aliphatic heterocycles. The Balaban J connectivity index is 1.93. The molecule has 1 fully saturated rings. The van der Waals surface area contributed by atoms with Gasteiger partial charge >= 0.3 is 0 Å². The molecule has 0 radical (unpaired) electrons. The fraction of sp³-hybridized carbons (Fsp3) is 0.769. The molecule has 17 heavy (non-hydrogen) atoms. The van der Waals surface area contributed by atoms with Gasteiger partial charge in [-0.05, 0) is 19.4 Å². The van der Waals surface area contributed by atoms with Crippen LogP contribution in [0.3, 0.4) is 0 Å². The zero-order chi connectivity index (χ0) is 12.1. The average Bonchev–Trinajstić information content (AvgIpc) is 2.84. The predicted molar refractivity (Wildman–Crippen MR) is 67.4 cm³/mol. The fourth-order valence-corrected chi connectivity index (χ4v) is 2.67. The summed E-state index contributed by atoms with van der Waals surface area (Å²) in [6.45, 7) is 4.62. The molecule has 2 rings (SSSR count). The van der Waals surface area contributed by atoms with Gasteiger partial charge in [0.05, 0.1) is 12.2 Å². The van der Waals surface area contributed by atoms with E-state index in [4.69, 9.17) is 10.3 Å². The third-order valence-corrected chi connectivity index (χ3v) is 3.67. The first-order valence-electron chi connectivity index (χ1n) is 6.72. The first-order valence-corrected chi connectivity index (χ1v) is 6.72. The van der Waals surface area contributed by atoms with Crippen LogP contribution in [-0.2, 0) is 13.1 Å². The minimum absolute atomic E-state index is 0.457. The first kappa shape index (κ1) is 12.6. The topological polar surface area (TPSA) is 55.3 Å². The lowest BCUT2D eigenvalue weighted by atomic mass is 9.94. The number of hydrogen-bond acceptors (Lipinski definition) is 4. The Morgan fingerprint density at radius 1 is 1.41 bits per heavy atom. The van der Waals surface area contributed by atoms with Crippen LogP contribution in [0.4, 0.5) is 0 Å². The van der Waals surface area contributed by atoms with Crippen LogP contribution in [-0.4, -0.2) is 22.6 Å². The molecule has 0 spiro atoms. The standard InChI is InChI=1S/C13H23N3O/c1-2-16(12-6-4-3-5-7-12)10-13-8-11(9-14)15-17-13/h8,12H,2-7,9-10,14H2,1H3. The van der Waals surface area contributed by atoms with Gasteiger partial charge in [0.1, 0.15) is 0 Å². The normalized spacial score (nSPS) is 17.8. The van der Waals surface area contributed by atoms with Crippen LogP contribution in [0.1, 0.15) is 50.5 Å². The molecule has 1 aromatic rings. The maximum absolute atomic E-state index is 5.53. The fourth-order valence-electron chi connectivity index (χ4n) is 2.67. The molecule has 1 aromatic heterocycles. The van der Waals surface area contributed by atoms with Crippen molar-refractivity contribution >= 4 is 0 Å². The summed E-state index contributed by atoms with van der Waals surface area (Å²) < 4.78 is 5.31. The lowest BCUT2D eigenvalue weighted by Crippen LogP contribution is -2.35. The third kappa shape index (κ3) is 3.30. The molecule has 4 heteroatoms. The summed E-state index contributed by atoms with van der Waals surface area (Å²) in [5.74, 6) is 0.942. The van der Waals surface area contributed by atoms with E-state index in [0.717, 1.165) is 30.6 Å². The van der Waals surface area contributed by atoms with Crippen LogP contribution >= 0.6 is 0 Å². The SMILES string of the molecule is CCN(Cc1cc(CN)no1)C1CCCCC1. The second-order valence-electron chi connectivity index (χ2n) is 4.84. The van der Waals surface area contributed by atoms with E-state index in [-0.39, 0.29) is 0 Å². The van der Waals surface area contributed by atoms with E-state index in [1.807, 2.05) is 6.07 Å². The highest BCUT2D eigenvalue weighted by molar-refractivity contribution is 5.05. The van der Waals surface area contributed by atoms with Crippen LogP contribution in [0.2, 0.25) is 0 Å². The van der Waals surface area contributed by atoms with E-state index >= 15 is 0 Å². The average molecular weight is 237 g/mol. The van der Waals surface area contributed by atoms with E-state index in [1.165, 1.54) is 32.1 Å². The molecule has 96 valence electrons. The summed E-state index contributed by atoms with van der Waals surface area (Å²) in [4.78, 5) is 2.50. The summed E-state index contributed by atoms with van der Waals surface area (Å²) in [6, 6.07) is 2.70. The van der Waals surface area contributed by atoms with E-state index in [2.05, 4.69) is 17.0 Å². The van der Waals surface area contributed by atoms with Gasteiger partial charge in [0.2, 0.25) is 0 Å². The van der Waals surface area contributed by atoms with Crippen molar-refractivity contribution in [3.63, 3.8) is 0 Å². The maximum Gasteiger partial charge on any atom is 0.151 e. The monoisotopic (exact) mass is 237 g/mol. The van der Waals surface area contributed by atoms with Gasteiger partial charge in [-0.15, -0.1) is 0 Å². The largest absolute Gasteiger partial charge is 0.360 e. The van der Waals surface area contributed by atoms with Crippen molar-refractivity contribution in [1.82, 2.24) is 10.1 Å². The highest BCUT2D eigenvalue weighted by Gasteiger charge is 2.21. The van der Waals surface area contributed by atoms with Crippen LogP contribution in [0, 0.1) is 0 Å². The van der Waals surface area contributed by atoms with E-state index in [0.29, 0.717) is 6.54 Å². The number of rotatable bonds is 5. The summed E-state index contributed by atoms with van der Waals surface area (Å²) >= 11 is 0. The molecular formula is C13H23N3O. The van der Waals surface area contributed by atoms with Gasteiger partial charge < -0.3 is 10.3 Å². The molecule has 1 heterocycles. The van der Waals surface area contributed by atoms with Crippen molar-refractivity contribution in [3.05, 3.63) is 17.5 Å². The second-order valence-corrected chi connectivity index (χ2v) is 4.84. The van der Waals surface area contributed by atoms with E-state index in [1.54, 1.807) is 0 Å². The van der Waals surface area contributed by atoms with Crippen molar-refractivity contribution in [2.45, 2.75) is 58.2 Å². The van der Waals surface area contributed by atoms with E-state index in [9.17, 15) is 0 Å². The Kier molecular flexibility index (Phi) is 4.57. The van der Waals surface area contributed by atoms with Crippen LogP contribution in [0.15, 0.2) is 10.6 Å². The lowest BCUT2D eigenvalue weighted by Gasteiger charge is -2.32. The summed E-state index contributed by atoms with van der Waals surface area (Å²) in [5.41, 5.74) is 6.38. The maximum atomic E-state index is 5.53. The van der Waals surface area contributed by atoms with Crippen LogP contribution in [0.5, 0.6) is 0 Å². The lowest BCUT2D eigenvalue weighted by molar-refractivity contribution is 0.141. The molecule has 0 aromatic carbocycles. The molecule has 0 amide bonds. The summed E-state index contributed by atoms with van der Waals surface area (Å²) in [6.07, 6.45) is 6.78. The Hall–Kier alpha value is -0.870. The molecule has 2 N–H and O–H groups in total. The predicted octanol–water partition coefficient (Wildman–Crippen LogP) is 2.29. The number of nitrogens with two attached hydrogens (primary N) is 1. The first-order chi connectivity index (χ1) is 8.33. The van der Waals surface area contributed by atoms with Gasteiger partial charge in [0.25, 0.3) is 0 Å². The number of hydrogen-bond donors (Lipinski definition) is 1. The Labute approximate surface area is 103 Å². The quantitative estimate of drug-likeness (QED) is 0.853. The van der Waals surface area contributed by atoms with Gasteiger partial charge in [-0.1, -0.05) is 31.3 Å². The van der Waals surface area contributed by atoms with E-state index < -0.39 is 0 Å². The highest BCUT2D eigenvalue weighted by Crippen LogP contribution is 2.23. The molecule has 0 atom stereocenters. The Morgan fingerprint density at radius 3 is 2.76 bits per heavy atom. The van der Waals surface area contributed by atoms with Gasteiger partial charge in [-0.3, -0.25) is 4.90 Å². The molecule has 4 nitrogen and oxygen atoms in total. The van der Waals surface area contributed by atoms with Crippen molar-refractivity contribution in [2.24, 2.45) is 5.73 Å². The Bertz CT molecular complexity index is 331. The van der Waals surface area contributed by atoms with Crippen molar-refractivity contribution in [2.75, 3.05) is 6.54 Å². The number of aromatic nitrogens is 1. The van der Waals surface area contributed by atoms with Crippen molar-refractivity contribution in [1.29, 1.82) is 0 Å². The molecule has 0 saturated heterocycles. The molecule has 1 aliphatic carbocycles. The molecular weight excluding hydrogens is 214 g/mol. The van der Waals surface area contributed by atoms with Gasteiger partial charge in [-0.2, -0.15) is 0 Å². The zero-order valence-electron chi connectivity index (χ0n) is 10.7.